The van der Waals surface area contributed by atoms with Crippen molar-refractivity contribution in [2.75, 3.05) is 19.8 Å². The van der Waals surface area contributed by atoms with Crippen LogP contribution < -0.4 is 0 Å². The van der Waals surface area contributed by atoms with Crippen LogP contribution in [0.15, 0.2) is 0 Å². The Balaban J connectivity index is 0. The van der Waals surface area contributed by atoms with Gasteiger partial charge >= 0.3 is 8.80 Å². The Labute approximate surface area is 138 Å². The maximum atomic E-state index is 9.71. The lowest BCUT2D eigenvalue weighted by Crippen LogP contribution is -2.45. The topological polar surface area (TPSA) is 61.8 Å². The second-order valence-electron chi connectivity index (χ2n) is 3.97. The number of hydrogen-bond acceptors (Lipinski definition) is 5. The Morgan fingerprint density at radius 3 is 1.43 bits per heavy atom. The number of rotatable bonds is 11. The molecule has 0 aliphatic carbocycles. The SMILES string of the molecule is CCCC[Si](OCC)(OCC)OCC.O=C(Cl)CC(=O)Cl. The summed E-state index contributed by atoms with van der Waals surface area (Å²) in [5, 5.41) is -1.44. The molecular weight excluding hydrogens is 335 g/mol. The van der Waals surface area contributed by atoms with E-state index in [-0.39, 0.29) is 6.42 Å². The summed E-state index contributed by atoms with van der Waals surface area (Å²) < 4.78 is 17.1. The van der Waals surface area contributed by atoms with Crippen LogP contribution in [0.4, 0.5) is 0 Å². The summed E-state index contributed by atoms with van der Waals surface area (Å²) >= 11 is 9.46. The highest BCUT2D eigenvalue weighted by atomic mass is 35.5. The Hall–Kier alpha value is 0.0169. The fourth-order valence-electron chi connectivity index (χ4n) is 1.50. The number of halogens is 2. The monoisotopic (exact) mass is 360 g/mol. The molecule has 8 heteroatoms. The molecule has 0 aromatic heterocycles. The smallest absolute Gasteiger partial charge is 0.374 e. The van der Waals surface area contributed by atoms with Gasteiger partial charge in [0.1, 0.15) is 0 Å². The van der Waals surface area contributed by atoms with Gasteiger partial charge in [-0.3, -0.25) is 9.59 Å². The predicted octanol–water partition coefficient (Wildman–Crippen LogP) is 3.74. The van der Waals surface area contributed by atoms with E-state index < -0.39 is 19.3 Å². The minimum atomic E-state index is -2.32. The molecule has 0 saturated carbocycles. The maximum Gasteiger partial charge on any atom is 0.500 e. The van der Waals surface area contributed by atoms with Crippen LogP contribution in [0, 0.1) is 0 Å². The van der Waals surface area contributed by atoms with Gasteiger partial charge in [-0.25, -0.2) is 0 Å². The van der Waals surface area contributed by atoms with Crippen molar-refractivity contribution in [3.63, 3.8) is 0 Å². The first-order chi connectivity index (χ1) is 9.87. The molecule has 21 heavy (non-hydrogen) atoms. The summed E-state index contributed by atoms with van der Waals surface area (Å²) in [6.45, 7) is 10.2. The molecule has 0 bridgehead atoms. The van der Waals surface area contributed by atoms with Gasteiger partial charge in [0.2, 0.25) is 10.5 Å². The van der Waals surface area contributed by atoms with Crippen LogP contribution in [-0.4, -0.2) is 39.1 Å². The van der Waals surface area contributed by atoms with Gasteiger partial charge in [-0.05, 0) is 50.4 Å². The summed E-state index contributed by atoms with van der Waals surface area (Å²) in [6.07, 6.45) is 1.89. The Morgan fingerprint density at radius 1 is 0.857 bits per heavy atom. The minimum absolute atomic E-state index is 0.386. The summed E-state index contributed by atoms with van der Waals surface area (Å²) in [4.78, 5) is 19.4. The van der Waals surface area contributed by atoms with Crippen molar-refractivity contribution in [3.05, 3.63) is 0 Å². The van der Waals surface area contributed by atoms with Crippen molar-refractivity contribution >= 4 is 42.5 Å². The first kappa shape index (κ1) is 23.3. The standard InChI is InChI=1S/C10H24O3Si.C3H2Cl2O2/c1-5-9-10-14(11-6-2,12-7-3)13-8-4;4-2(6)1-3(5)7/h5-10H2,1-4H3;1H2. The van der Waals surface area contributed by atoms with Gasteiger partial charge in [-0.2, -0.15) is 0 Å². The average molecular weight is 361 g/mol. The molecular formula is C13H26Cl2O5Si. The Morgan fingerprint density at radius 2 is 1.24 bits per heavy atom. The lowest BCUT2D eigenvalue weighted by molar-refractivity contribution is -0.118. The van der Waals surface area contributed by atoms with E-state index in [4.69, 9.17) is 36.5 Å². The van der Waals surface area contributed by atoms with E-state index in [0.717, 1.165) is 18.9 Å². The maximum absolute atomic E-state index is 9.71. The number of unbranched alkanes of at least 4 members (excludes halogenated alkanes) is 1. The van der Waals surface area contributed by atoms with Gasteiger partial charge in [0, 0.05) is 25.9 Å². The van der Waals surface area contributed by atoms with E-state index in [9.17, 15) is 9.59 Å². The molecule has 0 saturated heterocycles. The van der Waals surface area contributed by atoms with Crippen molar-refractivity contribution in [2.24, 2.45) is 0 Å². The molecule has 0 aliphatic heterocycles. The zero-order chi connectivity index (χ0) is 16.7. The molecule has 0 rings (SSSR count). The average Bonchev–Trinajstić information content (AvgIpc) is 2.36. The van der Waals surface area contributed by atoms with Crippen molar-refractivity contribution in [2.45, 2.75) is 53.0 Å². The van der Waals surface area contributed by atoms with Crippen LogP contribution >= 0.6 is 23.2 Å². The molecule has 0 aromatic rings. The zero-order valence-corrected chi connectivity index (χ0v) is 15.8. The van der Waals surface area contributed by atoms with Gasteiger partial charge in [0.25, 0.3) is 0 Å². The van der Waals surface area contributed by atoms with E-state index in [1.54, 1.807) is 0 Å². The first-order valence-corrected chi connectivity index (χ1v) is 9.84. The van der Waals surface area contributed by atoms with Gasteiger partial charge in [0.15, 0.2) is 0 Å². The molecule has 0 aliphatic rings. The highest BCUT2D eigenvalue weighted by Gasteiger charge is 2.39. The third-order valence-corrected chi connectivity index (χ3v) is 5.63. The van der Waals surface area contributed by atoms with E-state index in [1.165, 1.54) is 0 Å². The third kappa shape index (κ3) is 14.7. The number of hydrogen-bond donors (Lipinski definition) is 0. The summed E-state index contributed by atoms with van der Waals surface area (Å²) in [5.74, 6) is 0. The van der Waals surface area contributed by atoms with Crippen LogP contribution in [0.3, 0.4) is 0 Å². The lowest BCUT2D eigenvalue weighted by Gasteiger charge is -2.28. The summed E-state index contributed by atoms with van der Waals surface area (Å²) in [6, 6.07) is 0.943. The molecule has 0 spiro atoms. The van der Waals surface area contributed by atoms with Gasteiger partial charge in [-0.1, -0.05) is 13.3 Å². The molecule has 126 valence electrons. The van der Waals surface area contributed by atoms with Crippen molar-refractivity contribution < 1.29 is 22.9 Å². The Bertz CT molecular complexity index is 261. The van der Waals surface area contributed by atoms with Crippen molar-refractivity contribution in [1.29, 1.82) is 0 Å². The van der Waals surface area contributed by atoms with Crippen LogP contribution in [0.1, 0.15) is 47.0 Å². The Kier molecular flexibility index (Phi) is 16.6. The van der Waals surface area contributed by atoms with E-state index in [0.29, 0.717) is 19.8 Å². The first-order valence-electron chi connectivity index (χ1n) is 7.15. The molecule has 0 fully saturated rings. The largest absolute Gasteiger partial charge is 0.500 e. The predicted molar refractivity (Wildman–Crippen MR) is 86.7 cm³/mol. The summed E-state index contributed by atoms with van der Waals surface area (Å²) in [7, 11) is -2.32. The quantitative estimate of drug-likeness (QED) is 0.319. The van der Waals surface area contributed by atoms with Crippen LogP contribution in [0.5, 0.6) is 0 Å². The van der Waals surface area contributed by atoms with E-state index in [2.05, 4.69) is 6.92 Å². The second-order valence-corrected chi connectivity index (χ2v) is 7.55. The highest BCUT2D eigenvalue weighted by Crippen LogP contribution is 2.18. The van der Waals surface area contributed by atoms with Crippen LogP contribution in [0.25, 0.3) is 0 Å². The van der Waals surface area contributed by atoms with E-state index >= 15 is 0 Å². The van der Waals surface area contributed by atoms with Crippen LogP contribution in [0.2, 0.25) is 6.04 Å². The number of carbonyl (C=O) groups excluding carboxylic acids is 2. The van der Waals surface area contributed by atoms with Gasteiger partial charge < -0.3 is 13.3 Å². The fraction of sp³-hybridized carbons (Fsp3) is 0.846. The third-order valence-electron chi connectivity index (χ3n) is 2.21. The molecule has 5 nitrogen and oxygen atoms in total. The minimum Gasteiger partial charge on any atom is -0.374 e. The van der Waals surface area contributed by atoms with E-state index in [1.807, 2.05) is 20.8 Å². The number of carbonyl (C=O) groups is 2. The van der Waals surface area contributed by atoms with Crippen LogP contribution in [-0.2, 0) is 22.9 Å². The zero-order valence-electron chi connectivity index (χ0n) is 13.2. The van der Waals surface area contributed by atoms with Crippen molar-refractivity contribution in [3.8, 4) is 0 Å². The molecule has 0 aromatic carbocycles. The molecule has 0 N–H and O–H groups in total. The molecule has 0 unspecified atom stereocenters. The molecule has 0 atom stereocenters. The molecule has 0 radical (unpaired) electrons. The normalized spacial score (nSPS) is 10.8. The van der Waals surface area contributed by atoms with Gasteiger partial charge in [0.05, 0.1) is 6.42 Å². The van der Waals surface area contributed by atoms with Crippen molar-refractivity contribution in [1.82, 2.24) is 0 Å². The molecule has 0 amide bonds. The molecule has 0 heterocycles. The fourth-order valence-corrected chi connectivity index (χ4v) is 4.60. The lowest BCUT2D eigenvalue weighted by atomic mass is 10.4. The highest BCUT2D eigenvalue weighted by molar-refractivity contribution is 6.72. The summed E-state index contributed by atoms with van der Waals surface area (Å²) in [5.41, 5.74) is 0. The van der Waals surface area contributed by atoms with Gasteiger partial charge in [-0.15, -0.1) is 0 Å². The second kappa shape index (κ2) is 14.9.